The van der Waals surface area contributed by atoms with Crippen LogP contribution < -0.4 is 0 Å². The third-order valence-corrected chi connectivity index (χ3v) is 2.08. The van der Waals surface area contributed by atoms with Gasteiger partial charge in [0.15, 0.2) is 0 Å². The van der Waals surface area contributed by atoms with Gasteiger partial charge in [-0.3, -0.25) is 0 Å². The van der Waals surface area contributed by atoms with Crippen molar-refractivity contribution in [3.8, 4) is 0 Å². The summed E-state index contributed by atoms with van der Waals surface area (Å²) in [6.07, 6.45) is 6.88. The molecule has 0 amide bonds. The van der Waals surface area contributed by atoms with Gasteiger partial charge in [-0.1, -0.05) is 17.7 Å². The fraction of sp³-hybridized carbons (Fsp3) is 0.429. The van der Waals surface area contributed by atoms with E-state index in [-0.39, 0.29) is 0 Å². The first-order chi connectivity index (χ1) is 3.79. The second kappa shape index (κ2) is 2.67. The summed E-state index contributed by atoms with van der Waals surface area (Å²) in [6.45, 7) is 2.19. The third-order valence-electron chi connectivity index (χ3n) is 1.25. The van der Waals surface area contributed by atoms with Crippen molar-refractivity contribution in [2.24, 2.45) is 0 Å². The van der Waals surface area contributed by atoms with Crippen LogP contribution in [0.1, 0.15) is 19.8 Å². The first kappa shape index (κ1) is 6.33. The molecule has 0 aromatic heterocycles. The SMILES string of the molecule is CC1=CCC=C(I)C1. The van der Waals surface area contributed by atoms with E-state index >= 15 is 0 Å². The van der Waals surface area contributed by atoms with E-state index in [1.807, 2.05) is 0 Å². The number of rotatable bonds is 0. The summed E-state index contributed by atoms with van der Waals surface area (Å²) in [5.41, 5.74) is 1.51. The molecule has 0 saturated carbocycles. The fourth-order valence-electron chi connectivity index (χ4n) is 0.799. The predicted molar refractivity (Wildman–Crippen MR) is 45.1 cm³/mol. The summed E-state index contributed by atoms with van der Waals surface area (Å²) >= 11 is 2.39. The molecule has 8 heavy (non-hydrogen) atoms. The molecular weight excluding hydrogens is 211 g/mol. The van der Waals surface area contributed by atoms with E-state index in [0.717, 1.165) is 6.42 Å². The number of halogens is 1. The van der Waals surface area contributed by atoms with E-state index in [2.05, 4.69) is 41.7 Å². The van der Waals surface area contributed by atoms with Crippen LogP contribution in [-0.2, 0) is 0 Å². The predicted octanol–water partition coefficient (Wildman–Crippen LogP) is 3.05. The van der Waals surface area contributed by atoms with Gasteiger partial charge in [-0.05, 0) is 45.9 Å². The molecule has 1 aliphatic rings. The molecule has 1 heteroatoms. The standard InChI is InChI=1S/C7H9I/c1-6-3-2-4-7(8)5-6/h3-4H,2,5H2,1H3. The second-order valence-electron chi connectivity index (χ2n) is 2.11. The molecule has 0 aromatic rings. The molecule has 0 radical (unpaired) electrons. The zero-order chi connectivity index (χ0) is 5.98. The Morgan fingerprint density at radius 2 is 2.25 bits per heavy atom. The van der Waals surface area contributed by atoms with Crippen LogP contribution in [0, 0.1) is 0 Å². The smallest absolute Gasteiger partial charge is 0.00146 e. The van der Waals surface area contributed by atoms with E-state index in [1.165, 1.54) is 15.6 Å². The highest BCUT2D eigenvalue weighted by atomic mass is 127. The van der Waals surface area contributed by atoms with Gasteiger partial charge in [0.05, 0.1) is 0 Å². The molecule has 44 valence electrons. The molecule has 0 saturated heterocycles. The van der Waals surface area contributed by atoms with Gasteiger partial charge in [0.25, 0.3) is 0 Å². The lowest BCUT2D eigenvalue weighted by Gasteiger charge is -2.04. The number of hydrogen-bond donors (Lipinski definition) is 0. The summed E-state index contributed by atoms with van der Waals surface area (Å²) in [4.78, 5) is 0. The van der Waals surface area contributed by atoms with Crippen molar-refractivity contribution in [1.29, 1.82) is 0 Å². The number of hydrogen-bond acceptors (Lipinski definition) is 0. The average Bonchev–Trinajstić information content (AvgIpc) is 1.64. The second-order valence-corrected chi connectivity index (χ2v) is 3.50. The Balaban J connectivity index is 2.57. The molecule has 0 unspecified atom stereocenters. The molecule has 0 heterocycles. The van der Waals surface area contributed by atoms with Crippen molar-refractivity contribution in [3.05, 3.63) is 21.3 Å². The molecule has 1 rings (SSSR count). The van der Waals surface area contributed by atoms with Gasteiger partial charge in [0.1, 0.15) is 0 Å². The van der Waals surface area contributed by atoms with Gasteiger partial charge < -0.3 is 0 Å². The van der Waals surface area contributed by atoms with E-state index in [9.17, 15) is 0 Å². The highest BCUT2D eigenvalue weighted by Crippen LogP contribution is 2.22. The minimum absolute atomic E-state index is 1.14. The zero-order valence-corrected chi connectivity index (χ0v) is 7.10. The third kappa shape index (κ3) is 1.62. The molecule has 0 aliphatic heterocycles. The van der Waals surface area contributed by atoms with Crippen molar-refractivity contribution in [3.63, 3.8) is 0 Å². The van der Waals surface area contributed by atoms with Gasteiger partial charge in [-0.25, -0.2) is 0 Å². The first-order valence-corrected chi connectivity index (χ1v) is 3.87. The summed E-state index contributed by atoms with van der Waals surface area (Å²) in [5, 5.41) is 0. The van der Waals surface area contributed by atoms with Crippen LogP contribution in [0.15, 0.2) is 21.3 Å². The Morgan fingerprint density at radius 3 is 2.62 bits per heavy atom. The summed E-state index contributed by atoms with van der Waals surface area (Å²) in [5.74, 6) is 0. The van der Waals surface area contributed by atoms with Crippen LogP contribution in [0.4, 0.5) is 0 Å². The van der Waals surface area contributed by atoms with E-state index < -0.39 is 0 Å². The van der Waals surface area contributed by atoms with E-state index in [1.54, 1.807) is 0 Å². The monoisotopic (exact) mass is 220 g/mol. The first-order valence-electron chi connectivity index (χ1n) is 2.79. The molecule has 0 fully saturated rings. The van der Waals surface area contributed by atoms with Crippen molar-refractivity contribution < 1.29 is 0 Å². The van der Waals surface area contributed by atoms with Crippen LogP contribution in [0.2, 0.25) is 0 Å². The molecular formula is C7H9I. The lowest BCUT2D eigenvalue weighted by atomic mass is 10.1. The maximum absolute atomic E-state index is 2.39. The fourth-order valence-corrected chi connectivity index (χ4v) is 1.65. The lowest BCUT2D eigenvalue weighted by molar-refractivity contribution is 1.11. The highest BCUT2D eigenvalue weighted by molar-refractivity contribution is 14.1. The molecule has 0 nitrogen and oxygen atoms in total. The molecule has 1 aliphatic carbocycles. The van der Waals surface area contributed by atoms with Crippen molar-refractivity contribution >= 4 is 22.6 Å². The molecule has 0 N–H and O–H groups in total. The Kier molecular flexibility index (Phi) is 2.11. The minimum atomic E-state index is 1.14. The lowest BCUT2D eigenvalue weighted by Crippen LogP contribution is -1.82. The largest absolute Gasteiger partial charge is 0.0814 e. The van der Waals surface area contributed by atoms with E-state index in [0.29, 0.717) is 0 Å². The minimum Gasteiger partial charge on any atom is -0.0814 e. The van der Waals surface area contributed by atoms with Gasteiger partial charge in [0, 0.05) is 0 Å². The number of allylic oxidation sites excluding steroid dienone is 4. The highest BCUT2D eigenvalue weighted by Gasteiger charge is 1.97. The Labute approximate surface area is 63.8 Å². The van der Waals surface area contributed by atoms with Gasteiger partial charge in [-0.15, -0.1) is 0 Å². The summed E-state index contributed by atoms with van der Waals surface area (Å²) in [6, 6.07) is 0. The van der Waals surface area contributed by atoms with Gasteiger partial charge in [-0.2, -0.15) is 0 Å². The van der Waals surface area contributed by atoms with Crippen LogP contribution in [-0.4, -0.2) is 0 Å². The quantitative estimate of drug-likeness (QED) is 0.434. The summed E-state index contributed by atoms with van der Waals surface area (Å²) < 4.78 is 1.49. The van der Waals surface area contributed by atoms with Crippen LogP contribution >= 0.6 is 22.6 Å². The van der Waals surface area contributed by atoms with E-state index in [4.69, 9.17) is 0 Å². The van der Waals surface area contributed by atoms with Gasteiger partial charge >= 0.3 is 0 Å². The Bertz CT molecular complexity index is 126. The van der Waals surface area contributed by atoms with Crippen molar-refractivity contribution in [1.82, 2.24) is 0 Å². The van der Waals surface area contributed by atoms with Crippen molar-refractivity contribution in [2.75, 3.05) is 0 Å². The van der Waals surface area contributed by atoms with Crippen LogP contribution in [0.3, 0.4) is 0 Å². The Hall–Kier alpha value is 0.210. The van der Waals surface area contributed by atoms with Crippen LogP contribution in [0.25, 0.3) is 0 Å². The van der Waals surface area contributed by atoms with Crippen molar-refractivity contribution in [2.45, 2.75) is 19.8 Å². The molecule has 0 atom stereocenters. The average molecular weight is 220 g/mol. The summed E-state index contributed by atoms with van der Waals surface area (Å²) in [7, 11) is 0. The molecule has 0 aromatic carbocycles. The maximum Gasteiger partial charge on any atom is -0.00146 e. The normalized spacial score (nSPS) is 19.8. The Morgan fingerprint density at radius 1 is 1.50 bits per heavy atom. The topological polar surface area (TPSA) is 0 Å². The maximum atomic E-state index is 2.39. The molecule has 0 spiro atoms. The zero-order valence-electron chi connectivity index (χ0n) is 4.95. The van der Waals surface area contributed by atoms with Crippen LogP contribution in [0.5, 0.6) is 0 Å². The van der Waals surface area contributed by atoms with Gasteiger partial charge in [0.2, 0.25) is 0 Å². The molecule has 0 bridgehead atoms.